The van der Waals surface area contributed by atoms with Crippen molar-refractivity contribution in [3.05, 3.63) is 46.8 Å². The first-order chi connectivity index (χ1) is 14.4. The van der Waals surface area contributed by atoms with E-state index in [-0.39, 0.29) is 23.6 Å². The molecule has 0 saturated heterocycles. The Bertz CT molecular complexity index is 1050. The lowest BCUT2D eigenvalue weighted by Crippen LogP contribution is -2.32. The van der Waals surface area contributed by atoms with Gasteiger partial charge in [0.1, 0.15) is 0 Å². The number of ether oxygens (including phenoxy) is 2. The molecule has 0 spiro atoms. The molecule has 0 aliphatic heterocycles. The summed E-state index contributed by atoms with van der Waals surface area (Å²) in [6, 6.07) is 9.35. The van der Waals surface area contributed by atoms with Crippen molar-refractivity contribution in [1.29, 1.82) is 0 Å². The van der Waals surface area contributed by atoms with Gasteiger partial charge in [0, 0.05) is 16.5 Å². The summed E-state index contributed by atoms with van der Waals surface area (Å²) in [5.74, 6) is -0.958. The first kappa shape index (κ1) is 21.2. The molecule has 0 saturated carbocycles. The molecule has 0 fully saturated rings. The number of methoxy groups -OCH3 is 1. The number of hydrogen-bond acceptors (Lipinski definition) is 6. The van der Waals surface area contributed by atoms with E-state index in [1.807, 2.05) is 19.1 Å². The number of benzene rings is 1. The number of aryl methyl sites for hydroxylation is 1. The lowest BCUT2D eigenvalue weighted by atomic mass is 10.2. The second kappa shape index (κ2) is 9.35. The van der Waals surface area contributed by atoms with E-state index in [1.165, 1.54) is 25.3 Å². The van der Waals surface area contributed by atoms with Gasteiger partial charge in [-0.25, -0.2) is 0 Å². The summed E-state index contributed by atoms with van der Waals surface area (Å²) < 4.78 is 34.0. The average molecular weight is 436 g/mol. The van der Waals surface area contributed by atoms with E-state index in [9.17, 15) is 18.4 Å². The second-order valence-electron chi connectivity index (χ2n) is 6.05. The molecule has 3 rings (SSSR count). The van der Waals surface area contributed by atoms with Crippen LogP contribution in [0, 0.1) is 6.92 Å². The van der Waals surface area contributed by atoms with Gasteiger partial charge in [-0.3, -0.25) is 14.7 Å². The first-order valence-corrected chi connectivity index (χ1v) is 9.50. The summed E-state index contributed by atoms with van der Waals surface area (Å²) in [6.07, 6.45) is 0. The van der Waals surface area contributed by atoms with Crippen LogP contribution in [0.5, 0.6) is 11.5 Å². The molecule has 0 bridgehead atoms. The summed E-state index contributed by atoms with van der Waals surface area (Å²) in [7, 11) is 1.26. The SMILES string of the molecule is COc1cc(C(=O)NCC(=O)Nc2cc(-c3ccc(C)s3)[nH]n2)ccc1OC(F)F. The third-order valence-corrected chi connectivity index (χ3v) is 4.94. The first-order valence-electron chi connectivity index (χ1n) is 8.69. The van der Waals surface area contributed by atoms with Crippen LogP contribution in [-0.4, -0.2) is 42.3 Å². The Labute approximate surface area is 174 Å². The van der Waals surface area contributed by atoms with Gasteiger partial charge < -0.3 is 20.1 Å². The van der Waals surface area contributed by atoms with E-state index in [1.54, 1.807) is 17.4 Å². The molecule has 3 N–H and O–H groups in total. The Balaban J connectivity index is 1.56. The van der Waals surface area contributed by atoms with E-state index < -0.39 is 18.4 Å². The van der Waals surface area contributed by atoms with E-state index in [2.05, 4.69) is 25.6 Å². The molecule has 2 amide bonds. The van der Waals surface area contributed by atoms with Crippen LogP contribution < -0.4 is 20.1 Å². The monoisotopic (exact) mass is 436 g/mol. The molecule has 0 aliphatic carbocycles. The van der Waals surface area contributed by atoms with E-state index in [0.29, 0.717) is 5.82 Å². The van der Waals surface area contributed by atoms with Crippen molar-refractivity contribution in [3.63, 3.8) is 0 Å². The number of aromatic amines is 1. The molecular weight excluding hydrogens is 418 g/mol. The molecule has 30 heavy (non-hydrogen) atoms. The van der Waals surface area contributed by atoms with Crippen LogP contribution in [0.1, 0.15) is 15.2 Å². The number of alkyl halides is 2. The van der Waals surface area contributed by atoms with Crippen molar-refractivity contribution in [2.45, 2.75) is 13.5 Å². The Morgan fingerprint density at radius 2 is 2.00 bits per heavy atom. The van der Waals surface area contributed by atoms with Gasteiger partial charge in [-0.1, -0.05) is 0 Å². The van der Waals surface area contributed by atoms with Gasteiger partial charge in [0.05, 0.1) is 24.2 Å². The van der Waals surface area contributed by atoms with E-state index >= 15 is 0 Å². The zero-order valence-corrected chi connectivity index (χ0v) is 16.8. The summed E-state index contributed by atoms with van der Waals surface area (Å²) >= 11 is 1.59. The normalized spacial score (nSPS) is 10.7. The van der Waals surface area contributed by atoms with Crippen molar-refractivity contribution < 1.29 is 27.8 Å². The molecule has 8 nitrogen and oxygen atoms in total. The molecule has 158 valence electrons. The van der Waals surface area contributed by atoms with Crippen LogP contribution in [0.4, 0.5) is 14.6 Å². The third kappa shape index (κ3) is 5.32. The molecule has 0 atom stereocenters. The maximum atomic E-state index is 12.4. The largest absolute Gasteiger partial charge is 0.493 e. The van der Waals surface area contributed by atoms with Gasteiger partial charge in [-0.05, 0) is 37.3 Å². The van der Waals surface area contributed by atoms with Gasteiger partial charge in [0.15, 0.2) is 17.3 Å². The fourth-order valence-corrected chi connectivity index (χ4v) is 3.38. The van der Waals surface area contributed by atoms with E-state index in [4.69, 9.17) is 4.74 Å². The predicted octanol–water partition coefficient (Wildman–Crippen LogP) is 3.43. The highest BCUT2D eigenvalue weighted by Gasteiger charge is 2.15. The number of nitrogens with zero attached hydrogens (tertiary/aromatic N) is 1. The molecular formula is C19H18F2N4O4S. The van der Waals surface area contributed by atoms with Crippen LogP contribution in [0.15, 0.2) is 36.4 Å². The number of H-pyrrole nitrogens is 1. The molecule has 11 heteroatoms. The highest BCUT2D eigenvalue weighted by atomic mass is 32.1. The Morgan fingerprint density at radius 1 is 1.20 bits per heavy atom. The highest BCUT2D eigenvalue weighted by molar-refractivity contribution is 7.15. The predicted molar refractivity (Wildman–Crippen MR) is 107 cm³/mol. The van der Waals surface area contributed by atoms with Crippen LogP contribution in [0.25, 0.3) is 10.6 Å². The van der Waals surface area contributed by atoms with Crippen molar-refractivity contribution >= 4 is 29.0 Å². The average Bonchev–Trinajstić information content (AvgIpc) is 3.34. The van der Waals surface area contributed by atoms with Crippen molar-refractivity contribution in [1.82, 2.24) is 15.5 Å². The van der Waals surface area contributed by atoms with Crippen molar-refractivity contribution in [3.8, 4) is 22.1 Å². The highest BCUT2D eigenvalue weighted by Crippen LogP contribution is 2.29. The van der Waals surface area contributed by atoms with Gasteiger partial charge in [0.2, 0.25) is 5.91 Å². The number of halogens is 2. The lowest BCUT2D eigenvalue weighted by molar-refractivity contribution is -0.115. The molecule has 0 aliphatic rings. The standard InChI is InChI=1S/C19H18F2N4O4S/c1-10-3-6-15(30-10)12-8-16(25-24-12)23-17(26)9-22-18(27)11-4-5-13(29-19(20)21)14(7-11)28-2/h3-8,19H,9H2,1-2H3,(H,22,27)(H2,23,24,25,26). The number of carbonyl (C=O) groups excluding carboxylic acids is 2. The number of nitrogens with one attached hydrogen (secondary N) is 3. The summed E-state index contributed by atoms with van der Waals surface area (Å²) in [6.45, 7) is -1.34. The van der Waals surface area contributed by atoms with Crippen LogP contribution in [0.3, 0.4) is 0 Å². The molecule has 0 unspecified atom stereocenters. The fraction of sp³-hybridized carbons (Fsp3) is 0.211. The topological polar surface area (TPSA) is 105 Å². The maximum absolute atomic E-state index is 12.4. The molecule has 1 aromatic carbocycles. The molecule has 0 radical (unpaired) electrons. The number of hydrogen-bond donors (Lipinski definition) is 3. The Kier molecular flexibility index (Phi) is 6.62. The molecule has 2 aromatic heterocycles. The zero-order chi connectivity index (χ0) is 21.7. The molecule has 2 heterocycles. The Morgan fingerprint density at radius 3 is 2.67 bits per heavy atom. The van der Waals surface area contributed by atoms with Crippen LogP contribution in [-0.2, 0) is 4.79 Å². The van der Waals surface area contributed by atoms with Gasteiger partial charge in [0.25, 0.3) is 5.91 Å². The number of amides is 2. The van der Waals surface area contributed by atoms with E-state index in [0.717, 1.165) is 15.4 Å². The number of aromatic nitrogens is 2. The smallest absolute Gasteiger partial charge is 0.387 e. The van der Waals surface area contributed by atoms with Crippen LogP contribution >= 0.6 is 11.3 Å². The Hall–Kier alpha value is -3.47. The number of thiophene rings is 1. The number of carbonyl (C=O) groups is 2. The maximum Gasteiger partial charge on any atom is 0.387 e. The van der Waals surface area contributed by atoms with Gasteiger partial charge >= 0.3 is 6.61 Å². The summed E-state index contributed by atoms with van der Waals surface area (Å²) in [5.41, 5.74) is 0.891. The fourth-order valence-electron chi connectivity index (χ4n) is 2.54. The second-order valence-corrected chi connectivity index (χ2v) is 7.34. The minimum absolute atomic E-state index is 0.0275. The van der Waals surface area contributed by atoms with Gasteiger partial charge in [-0.15, -0.1) is 11.3 Å². The minimum Gasteiger partial charge on any atom is -0.493 e. The minimum atomic E-state index is -3.02. The quantitative estimate of drug-likeness (QED) is 0.502. The van der Waals surface area contributed by atoms with Crippen molar-refractivity contribution in [2.75, 3.05) is 19.0 Å². The van der Waals surface area contributed by atoms with Gasteiger partial charge in [-0.2, -0.15) is 13.9 Å². The number of rotatable bonds is 8. The lowest BCUT2D eigenvalue weighted by Gasteiger charge is -2.11. The summed E-state index contributed by atoms with van der Waals surface area (Å²) in [4.78, 5) is 26.5. The third-order valence-electron chi connectivity index (χ3n) is 3.90. The zero-order valence-electron chi connectivity index (χ0n) is 16.0. The van der Waals surface area contributed by atoms with Crippen molar-refractivity contribution in [2.24, 2.45) is 0 Å². The molecule has 3 aromatic rings. The van der Waals surface area contributed by atoms with Crippen LogP contribution in [0.2, 0.25) is 0 Å². The number of anilines is 1. The summed E-state index contributed by atoms with van der Waals surface area (Å²) in [5, 5.41) is 11.9.